The topological polar surface area (TPSA) is 43.6 Å². The number of rotatable bonds is 5. The van der Waals surface area contributed by atoms with Crippen molar-refractivity contribution in [1.82, 2.24) is 19.5 Å². The predicted molar refractivity (Wildman–Crippen MR) is 112 cm³/mol. The predicted octanol–water partition coefficient (Wildman–Crippen LogP) is 6.32. The van der Waals surface area contributed by atoms with Crippen molar-refractivity contribution in [3.8, 4) is 11.5 Å². The number of aryl methyl sites for hydroxylation is 1. The van der Waals surface area contributed by atoms with E-state index in [1.54, 1.807) is 41.7 Å². The van der Waals surface area contributed by atoms with Gasteiger partial charge in [-0.2, -0.15) is 13.2 Å². The number of nitrogens with zero attached hydrogens (tertiary/aromatic N) is 4. The van der Waals surface area contributed by atoms with Crippen LogP contribution in [0, 0.1) is 0 Å². The van der Waals surface area contributed by atoms with Crippen LogP contribution in [0.5, 0.6) is 0 Å². The van der Waals surface area contributed by atoms with Gasteiger partial charge >= 0.3 is 6.18 Å². The van der Waals surface area contributed by atoms with Crippen LogP contribution >= 0.6 is 23.4 Å². The van der Waals surface area contributed by atoms with Crippen molar-refractivity contribution >= 4 is 40.5 Å². The Balaban J connectivity index is 2.12. The Morgan fingerprint density at radius 2 is 2.00 bits per heavy atom. The van der Waals surface area contributed by atoms with Crippen LogP contribution in [0.4, 0.5) is 13.2 Å². The van der Waals surface area contributed by atoms with Crippen molar-refractivity contribution in [2.45, 2.75) is 24.9 Å². The number of hydrogen-bond acceptors (Lipinski definition) is 4. The summed E-state index contributed by atoms with van der Waals surface area (Å²) in [4.78, 5) is 13.3. The van der Waals surface area contributed by atoms with Crippen LogP contribution in [0.15, 0.2) is 46.6 Å². The van der Waals surface area contributed by atoms with Gasteiger partial charge in [0.05, 0.1) is 17.2 Å². The minimum absolute atomic E-state index is 0.221. The van der Waals surface area contributed by atoms with E-state index >= 15 is 0 Å². The average molecular weight is 439 g/mol. The van der Waals surface area contributed by atoms with Crippen LogP contribution in [0.25, 0.3) is 28.6 Å². The summed E-state index contributed by atoms with van der Waals surface area (Å²) in [7, 11) is 1.73. The first-order valence-electron chi connectivity index (χ1n) is 8.77. The molecule has 0 aliphatic rings. The summed E-state index contributed by atoms with van der Waals surface area (Å²) >= 11 is 7.73. The molecule has 9 heteroatoms. The van der Waals surface area contributed by atoms with E-state index in [2.05, 4.69) is 15.0 Å². The maximum Gasteiger partial charge on any atom is 0.433 e. The first-order valence-corrected chi connectivity index (χ1v) is 10.1. The Kier molecular flexibility index (Phi) is 6.33. The normalized spacial score (nSPS) is 13.0. The number of aromatic nitrogens is 4. The molecule has 3 aromatic heterocycles. The molecule has 3 aromatic rings. The Morgan fingerprint density at radius 1 is 1.24 bits per heavy atom. The van der Waals surface area contributed by atoms with E-state index in [1.807, 2.05) is 26.0 Å². The lowest BCUT2D eigenvalue weighted by molar-refractivity contribution is -0.141. The molecule has 29 heavy (non-hydrogen) atoms. The summed E-state index contributed by atoms with van der Waals surface area (Å²) in [6.07, 6.45) is 3.75. The van der Waals surface area contributed by atoms with Gasteiger partial charge in [0.2, 0.25) is 0 Å². The molecule has 0 aromatic carbocycles. The quantitative estimate of drug-likeness (QED) is 0.345. The molecule has 0 spiro atoms. The molecule has 0 saturated carbocycles. The fourth-order valence-electron chi connectivity index (χ4n) is 2.79. The van der Waals surface area contributed by atoms with Crippen LogP contribution in [0.2, 0.25) is 0 Å². The lowest BCUT2D eigenvalue weighted by Gasteiger charge is -2.09. The van der Waals surface area contributed by atoms with E-state index in [1.165, 1.54) is 6.20 Å². The fourth-order valence-corrected chi connectivity index (χ4v) is 3.86. The minimum Gasteiger partial charge on any atom is -0.325 e. The van der Waals surface area contributed by atoms with Gasteiger partial charge in [0.15, 0.2) is 5.82 Å². The Labute approximate surface area is 175 Å². The largest absolute Gasteiger partial charge is 0.433 e. The third-order valence-electron chi connectivity index (χ3n) is 4.07. The third-order valence-corrected chi connectivity index (χ3v) is 5.22. The monoisotopic (exact) mass is 438 g/mol. The number of fused-ring (bicyclic) bond motifs is 1. The molecule has 152 valence electrons. The van der Waals surface area contributed by atoms with Gasteiger partial charge in [0.1, 0.15) is 11.4 Å². The van der Waals surface area contributed by atoms with Gasteiger partial charge in [-0.1, -0.05) is 24.6 Å². The molecule has 0 aliphatic carbocycles. The first kappa shape index (κ1) is 21.4. The van der Waals surface area contributed by atoms with Gasteiger partial charge in [-0.3, -0.25) is 4.98 Å². The molecular formula is C20H18ClF3N4S. The molecule has 0 N–H and O–H groups in total. The average Bonchev–Trinajstić information content (AvgIpc) is 2.98. The second-order valence-electron chi connectivity index (χ2n) is 6.13. The van der Waals surface area contributed by atoms with E-state index in [0.717, 1.165) is 22.3 Å². The van der Waals surface area contributed by atoms with Crippen LogP contribution < -0.4 is 0 Å². The first-order chi connectivity index (χ1) is 13.7. The smallest absolute Gasteiger partial charge is 0.325 e. The molecule has 0 radical (unpaired) electrons. The second kappa shape index (κ2) is 8.59. The number of hydrogen-bond donors (Lipinski definition) is 0. The van der Waals surface area contributed by atoms with Crippen LogP contribution in [0.1, 0.15) is 25.1 Å². The Morgan fingerprint density at radius 3 is 2.66 bits per heavy atom. The zero-order chi connectivity index (χ0) is 21.2. The lowest BCUT2D eigenvalue weighted by Crippen LogP contribution is -2.07. The zero-order valence-corrected chi connectivity index (χ0v) is 17.5. The van der Waals surface area contributed by atoms with Crippen LogP contribution in [-0.2, 0) is 13.2 Å². The Bertz CT molecular complexity index is 1100. The van der Waals surface area contributed by atoms with Crippen molar-refractivity contribution in [1.29, 1.82) is 0 Å². The summed E-state index contributed by atoms with van der Waals surface area (Å²) in [5, 5.41) is 0.572. The molecule has 0 fully saturated rings. The standard InChI is InChI=1S/C20H18ClF3N4S/c1-4-6-13(21)7-12-8-16(29-5-2)18(26-10-12)19-27-14-9-17(20(22,23)24)25-11-15(14)28(19)3/h4,6-11H,5H2,1-3H3/b6-4-,13-7+. The van der Waals surface area contributed by atoms with Crippen molar-refractivity contribution in [2.24, 2.45) is 7.05 Å². The molecule has 0 atom stereocenters. The van der Waals surface area contributed by atoms with E-state index in [9.17, 15) is 13.2 Å². The van der Waals surface area contributed by atoms with Gasteiger partial charge in [-0.15, -0.1) is 11.8 Å². The van der Waals surface area contributed by atoms with Crippen LogP contribution in [0.3, 0.4) is 0 Å². The van der Waals surface area contributed by atoms with E-state index in [0.29, 0.717) is 22.1 Å². The maximum absolute atomic E-state index is 13.0. The Hall–Kier alpha value is -2.32. The lowest BCUT2D eigenvalue weighted by atomic mass is 10.2. The highest BCUT2D eigenvalue weighted by Gasteiger charge is 2.33. The molecular weight excluding hydrogens is 421 g/mol. The molecule has 0 unspecified atom stereocenters. The third kappa shape index (κ3) is 4.64. The van der Waals surface area contributed by atoms with Gasteiger partial charge in [0, 0.05) is 23.2 Å². The van der Waals surface area contributed by atoms with Gasteiger partial charge in [0.25, 0.3) is 0 Å². The summed E-state index contributed by atoms with van der Waals surface area (Å²) in [6.45, 7) is 3.89. The minimum atomic E-state index is -4.52. The van der Waals surface area contributed by atoms with Gasteiger partial charge in [-0.05, 0) is 42.5 Å². The number of alkyl halides is 3. The number of imidazole rings is 1. The van der Waals surface area contributed by atoms with E-state index in [-0.39, 0.29) is 5.52 Å². The number of halogens is 4. The summed E-state index contributed by atoms with van der Waals surface area (Å²) < 4.78 is 40.6. The van der Waals surface area contributed by atoms with Crippen LogP contribution in [-0.4, -0.2) is 25.3 Å². The highest BCUT2D eigenvalue weighted by atomic mass is 35.5. The zero-order valence-electron chi connectivity index (χ0n) is 16.0. The van der Waals surface area contributed by atoms with Crippen molar-refractivity contribution < 1.29 is 13.2 Å². The van der Waals surface area contributed by atoms with Crippen molar-refractivity contribution in [3.63, 3.8) is 0 Å². The summed E-state index contributed by atoms with van der Waals surface area (Å²) in [5.74, 6) is 1.28. The molecule has 3 rings (SSSR count). The maximum atomic E-state index is 13.0. The SMILES string of the molecule is C/C=C\C(Cl)=C/c1cnc(-c2nc3cc(C(F)(F)F)ncc3n2C)c(SCC)c1. The van der Waals surface area contributed by atoms with Crippen molar-refractivity contribution in [2.75, 3.05) is 5.75 Å². The van der Waals surface area contributed by atoms with E-state index < -0.39 is 11.9 Å². The molecule has 0 aliphatic heterocycles. The summed E-state index contributed by atoms with van der Waals surface area (Å²) in [6, 6.07) is 2.90. The van der Waals surface area contributed by atoms with Gasteiger partial charge in [-0.25, -0.2) is 9.97 Å². The molecule has 0 amide bonds. The molecule has 0 saturated heterocycles. The highest BCUT2D eigenvalue weighted by molar-refractivity contribution is 7.99. The number of thioether (sulfide) groups is 1. The number of pyridine rings is 2. The summed E-state index contributed by atoms with van der Waals surface area (Å²) in [5.41, 5.74) is 1.18. The van der Waals surface area contributed by atoms with Crippen molar-refractivity contribution in [3.05, 3.63) is 53.0 Å². The molecule has 3 heterocycles. The second-order valence-corrected chi connectivity index (χ2v) is 7.87. The van der Waals surface area contributed by atoms with E-state index in [4.69, 9.17) is 11.6 Å². The molecule has 0 bridgehead atoms. The fraction of sp³-hybridized carbons (Fsp3) is 0.250. The number of allylic oxidation sites excluding steroid dienone is 3. The highest BCUT2D eigenvalue weighted by Crippen LogP contribution is 2.34. The molecule has 4 nitrogen and oxygen atoms in total. The van der Waals surface area contributed by atoms with Gasteiger partial charge < -0.3 is 4.57 Å².